The van der Waals surface area contributed by atoms with Crippen LogP contribution in [0.1, 0.15) is 33.6 Å². The maximum atomic E-state index is 10.3. The monoisotopic (exact) mass is 171 g/mol. The zero-order valence-electron chi connectivity index (χ0n) is 8.04. The zero-order chi connectivity index (χ0) is 9.98. The summed E-state index contributed by atoms with van der Waals surface area (Å²) in [7, 11) is 0. The van der Waals surface area contributed by atoms with Crippen molar-refractivity contribution < 1.29 is 9.53 Å². The Balaban J connectivity index is 0. The molecule has 0 fully saturated rings. The van der Waals surface area contributed by atoms with E-state index in [0.717, 1.165) is 12.8 Å². The van der Waals surface area contributed by atoms with Gasteiger partial charge < -0.3 is 4.74 Å². The normalized spacial score (nSPS) is 8.50. The van der Waals surface area contributed by atoms with Gasteiger partial charge in [-0.05, 0) is 18.8 Å². The van der Waals surface area contributed by atoms with Crippen molar-refractivity contribution in [1.82, 2.24) is 0 Å². The van der Waals surface area contributed by atoms with Crippen molar-refractivity contribution in [3.63, 3.8) is 0 Å². The third kappa shape index (κ3) is 16.0. The molecule has 0 atom stereocenters. The molecule has 3 nitrogen and oxygen atoms in total. The van der Waals surface area contributed by atoms with Crippen molar-refractivity contribution in [2.75, 3.05) is 6.61 Å². The number of nitrogens with zero attached hydrogens (tertiary/aromatic N) is 1. The van der Waals surface area contributed by atoms with Crippen LogP contribution in [0.15, 0.2) is 0 Å². The summed E-state index contributed by atoms with van der Waals surface area (Å²) in [5, 5.41) is 6.50. The molecule has 3 heteroatoms. The highest BCUT2D eigenvalue weighted by atomic mass is 16.5. The molecule has 0 saturated carbocycles. The lowest BCUT2D eigenvalue weighted by Crippen LogP contribution is -2.01. The van der Waals surface area contributed by atoms with E-state index in [1.807, 2.05) is 0 Å². The van der Waals surface area contributed by atoms with Crippen LogP contribution >= 0.6 is 0 Å². The molecule has 0 saturated heterocycles. The van der Waals surface area contributed by atoms with E-state index in [1.165, 1.54) is 6.92 Å². The summed E-state index contributed by atoms with van der Waals surface area (Å²) in [6, 6.07) is 0. The minimum absolute atomic E-state index is 0.177. The lowest BCUT2D eigenvalue weighted by atomic mass is 10.1. The van der Waals surface area contributed by atoms with Gasteiger partial charge >= 0.3 is 5.97 Å². The van der Waals surface area contributed by atoms with E-state index in [-0.39, 0.29) is 5.97 Å². The number of rotatable bonds is 4. The second-order valence-corrected chi connectivity index (χ2v) is 2.88. The minimum atomic E-state index is -0.177. The average Bonchev–Trinajstić information content (AvgIpc) is 2.02. The number of carbonyl (C=O) groups excluding carboxylic acids is 1. The van der Waals surface area contributed by atoms with Crippen LogP contribution in [-0.4, -0.2) is 12.6 Å². The largest absolute Gasteiger partial charge is 0.466 e. The smallest absolute Gasteiger partial charge is 0.302 e. The number of esters is 1. The Bertz CT molecular complexity index is 130. The lowest BCUT2D eigenvalue weighted by Gasteiger charge is -2.03. The maximum Gasteiger partial charge on any atom is 0.302 e. The average molecular weight is 171 g/mol. The van der Waals surface area contributed by atoms with Gasteiger partial charge in [0.05, 0.1) is 6.61 Å². The first-order valence-electron chi connectivity index (χ1n) is 4.02. The Morgan fingerprint density at radius 3 is 2.33 bits per heavy atom. The molecule has 0 aliphatic carbocycles. The maximum absolute atomic E-state index is 10.3. The van der Waals surface area contributed by atoms with Gasteiger partial charge in [0.1, 0.15) is 0 Å². The number of carbonyl (C=O) groups is 1. The van der Waals surface area contributed by atoms with Gasteiger partial charge in [-0.3, -0.25) is 4.79 Å². The predicted molar refractivity (Wildman–Crippen MR) is 47.4 cm³/mol. The number of ether oxygens (including phenoxy) is 1. The van der Waals surface area contributed by atoms with E-state index in [2.05, 4.69) is 20.4 Å². The van der Waals surface area contributed by atoms with Crippen molar-refractivity contribution in [2.24, 2.45) is 5.92 Å². The molecule has 0 N–H and O–H groups in total. The van der Waals surface area contributed by atoms with Crippen LogP contribution in [0.4, 0.5) is 0 Å². The molecule has 12 heavy (non-hydrogen) atoms. The van der Waals surface area contributed by atoms with Gasteiger partial charge in [-0.2, -0.15) is 0 Å². The molecule has 0 radical (unpaired) electrons. The van der Waals surface area contributed by atoms with E-state index < -0.39 is 0 Å². The van der Waals surface area contributed by atoms with Crippen LogP contribution < -0.4 is 0 Å². The summed E-state index contributed by atoms with van der Waals surface area (Å²) >= 11 is 0. The van der Waals surface area contributed by atoms with Gasteiger partial charge in [-0.1, -0.05) is 13.8 Å². The Hall–Kier alpha value is -1.04. The van der Waals surface area contributed by atoms with Crippen molar-refractivity contribution in [3.8, 4) is 6.57 Å². The van der Waals surface area contributed by atoms with Gasteiger partial charge in [-0.15, -0.1) is 0 Å². The first-order valence-corrected chi connectivity index (χ1v) is 4.02. The molecule has 0 aliphatic heterocycles. The molecule has 0 amide bonds. The second kappa shape index (κ2) is 9.96. The SMILES string of the molecule is C#N.CC(=O)OCCCC(C)C. The van der Waals surface area contributed by atoms with Crippen molar-refractivity contribution in [2.45, 2.75) is 33.6 Å². The fourth-order valence-electron chi connectivity index (χ4n) is 0.707. The molecule has 0 aromatic carbocycles. The van der Waals surface area contributed by atoms with Crippen LogP contribution in [-0.2, 0) is 9.53 Å². The molecule has 0 aromatic heterocycles. The van der Waals surface area contributed by atoms with Gasteiger partial charge in [0.2, 0.25) is 0 Å². The molecule has 0 unspecified atom stereocenters. The van der Waals surface area contributed by atoms with Crippen molar-refractivity contribution in [1.29, 1.82) is 5.26 Å². The third-order valence-electron chi connectivity index (χ3n) is 1.23. The van der Waals surface area contributed by atoms with Gasteiger partial charge in [0.15, 0.2) is 0 Å². The fraction of sp³-hybridized carbons (Fsp3) is 0.778. The van der Waals surface area contributed by atoms with Crippen LogP contribution in [0, 0.1) is 17.8 Å². The standard InChI is InChI=1S/C8H16O2.CHN/c1-7(2)5-4-6-10-8(3)9;1-2/h7H,4-6H2,1-3H3;1H. The van der Waals surface area contributed by atoms with E-state index in [4.69, 9.17) is 10.00 Å². The van der Waals surface area contributed by atoms with Gasteiger partial charge in [-0.25, -0.2) is 5.26 Å². The third-order valence-corrected chi connectivity index (χ3v) is 1.23. The quantitative estimate of drug-likeness (QED) is 0.481. The molecular weight excluding hydrogens is 154 g/mol. The highest BCUT2D eigenvalue weighted by molar-refractivity contribution is 5.65. The summed E-state index contributed by atoms with van der Waals surface area (Å²) < 4.78 is 4.75. The second-order valence-electron chi connectivity index (χ2n) is 2.88. The Kier molecular flexibility index (Phi) is 11.2. The summed E-state index contributed by atoms with van der Waals surface area (Å²) in [6.07, 6.45) is 2.12. The first kappa shape index (κ1) is 13.5. The Morgan fingerprint density at radius 1 is 1.50 bits per heavy atom. The van der Waals surface area contributed by atoms with Crippen LogP contribution in [0.5, 0.6) is 0 Å². The minimum Gasteiger partial charge on any atom is -0.466 e. The van der Waals surface area contributed by atoms with E-state index in [0.29, 0.717) is 12.5 Å². The summed E-state index contributed by atoms with van der Waals surface area (Å²) in [6.45, 7) is 9.84. The molecule has 70 valence electrons. The van der Waals surface area contributed by atoms with E-state index in [9.17, 15) is 4.79 Å². The van der Waals surface area contributed by atoms with Gasteiger partial charge in [0, 0.05) is 13.5 Å². The number of hydrogen-bond acceptors (Lipinski definition) is 3. The van der Waals surface area contributed by atoms with E-state index in [1.54, 1.807) is 0 Å². The molecule has 0 aromatic rings. The number of hydrogen-bond donors (Lipinski definition) is 0. The highest BCUT2D eigenvalue weighted by Gasteiger charge is 1.95. The van der Waals surface area contributed by atoms with E-state index >= 15 is 0 Å². The number of nitriles is 1. The highest BCUT2D eigenvalue weighted by Crippen LogP contribution is 2.02. The Morgan fingerprint density at radius 2 is 2.00 bits per heavy atom. The lowest BCUT2D eigenvalue weighted by molar-refractivity contribution is -0.141. The topological polar surface area (TPSA) is 50.1 Å². The molecule has 0 bridgehead atoms. The molecule has 0 heterocycles. The molecule has 0 spiro atoms. The summed E-state index contributed by atoms with van der Waals surface area (Å²) in [4.78, 5) is 10.3. The molecule has 0 rings (SSSR count). The van der Waals surface area contributed by atoms with Crippen molar-refractivity contribution in [3.05, 3.63) is 0 Å². The van der Waals surface area contributed by atoms with Crippen LogP contribution in [0.2, 0.25) is 0 Å². The first-order chi connectivity index (χ1) is 5.63. The van der Waals surface area contributed by atoms with Crippen molar-refractivity contribution >= 4 is 5.97 Å². The zero-order valence-corrected chi connectivity index (χ0v) is 8.04. The molecular formula is C9H17NO2. The Labute approximate surface area is 74.3 Å². The summed E-state index contributed by atoms with van der Waals surface area (Å²) in [5.74, 6) is 0.527. The fourth-order valence-corrected chi connectivity index (χ4v) is 0.707. The van der Waals surface area contributed by atoms with Crippen LogP contribution in [0.25, 0.3) is 0 Å². The van der Waals surface area contributed by atoms with Gasteiger partial charge in [0.25, 0.3) is 0 Å². The molecule has 0 aliphatic rings. The summed E-state index contributed by atoms with van der Waals surface area (Å²) in [5.41, 5.74) is 0. The predicted octanol–water partition coefficient (Wildman–Crippen LogP) is 2.13. The van der Waals surface area contributed by atoms with Crippen LogP contribution in [0.3, 0.4) is 0 Å².